The van der Waals surface area contributed by atoms with Crippen LogP contribution in [-0.4, -0.2) is 11.5 Å². The number of hydrogen-bond donors (Lipinski definition) is 2. The van der Waals surface area contributed by atoms with Gasteiger partial charge in [-0.2, -0.15) is 5.10 Å². The van der Waals surface area contributed by atoms with Gasteiger partial charge >= 0.3 is 0 Å². The number of amides is 1. The zero-order valence-corrected chi connectivity index (χ0v) is 12.3. The summed E-state index contributed by atoms with van der Waals surface area (Å²) in [6, 6.07) is 13.7. The summed E-state index contributed by atoms with van der Waals surface area (Å²) in [5, 5.41) is 7.41. The van der Waals surface area contributed by atoms with Crippen LogP contribution in [0.4, 0.5) is 5.69 Å². The summed E-state index contributed by atoms with van der Waals surface area (Å²) < 4.78 is 0. The Bertz CT molecular complexity index is 768. The van der Waals surface area contributed by atoms with Gasteiger partial charge in [-0.3, -0.25) is 10.2 Å². The summed E-state index contributed by atoms with van der Waals surface area (Å²) in [6.07, 6.45) is 0. The number of carbonyl (C=O) groups is 1. The Morgan fingerprint density at radius 2 is 1.95 bits per heavy atom. The third-order valence-electron chi connectivity index (χ3n) is 3.65. The highest BCUT2D eigenvalue weighted by Crippen LogP contribution is 2.50. The lowest BCUT2D eigenvalue weighted by atomic mass is 9.99. The van der Waals surface area contributed by atoms with Crippen LogP contribution in [0, 0.1) is 0 Å². The number of nitrogens with zero attached hydrogens (tertiary/aromatic N) is 1. The average molecular weight is 316 g/mol. The molecule has 0 saturated heterocycles. The Balaban J connectivity index is 1.94. The first-order valence-corrected chi connectivity index (χ1v) is 7.64. The minimum absolute atomic E-state index is 0.146. The van der Waals surface area contributed by atoms with E-state index in [0.29, 0.717) is 5.02 Å². The van der Waals surface area contributed by atoms with Crippen molar-refractivity contribution in [1.29, 1.82) is 0 Å². The van der Waals surface area contributed by atoms with Crippen molar-refractivity contribution in [3.8, 4) is 11.1 Å². The minimum atomic E-state index is -0.947. The zero-order chi connectivity index (χ0) is 14.4. The second-order valence-electron chi connectivity index (χ2n) is 4.82. The van der Waals surface area contributed by atoms with E-state index in [-0.39, 0.29) is 5.91 Å². The Labute approximate surface area is 130 Å². The molecular weight excluding hydrogens is 306 g/mol. The van der Waals surface area contributed by atoms with E-state index in [1.165, 1.54) is 11.8 Å². The van der Waals surface area contributed by atoms with E-state index in [2.05, 4.69) is 15.8 Å². The van der Waals surface area contributed by atoms with Gasteiger partial charge in [-0.25, -0.2) is 0 Å². The summed E-state index contributed by atoms with van der Waals surface area (Å²) in [4.78, 5) is 11.4. The summed E-state index contributed by atoms with van der Waals surface area (Å²) in [5.74, 6) is -0.146. The molecule has 2 aliphatic rings. The van der Waals surface area contributed by atoms with Crippen LogP contribution in [0.25, 0.3) is 11.1 Å². The van der Waals surface area contributed by atoms with Crippen molar-refractivity contribution < 1.29 is 4.79 Å². The number of rotatable bonds is 1. The van der Waals surface area contributed by atoms with Crippen molar-refractivity contribution >= 4 is 40.5 Å². The van der Waals surface area contributed by atoms with Crippen molar-refractivity contribution in [3.05, 3.63) is 53.1 Å². The lowest BCUT2D eigenvalue weighted by molar-refractivity contribution is -0.118. The van der Waals surface area contributed by atoms with Gasteiger partial charge in [0.15, 0.2) is 0 Å². The molecule has 4 rings (SSSR count). The SMILES string of the molecule is O=C1Nc2ccc(-c3ccccc3)c(Cl)c2C12NN=CS2. The molecule has 0 fully saturated rings. The van der Waals surface area contributed by atoms with Gasteiger partial charge in [-0.05, 0) is 11.6 Å². The molecule has 0 bridgehead atoms. The number of hydrogen-bond acceptors (Lipinski definition) is 4. The number of benzene rings is 2. The van der Waals surface area contributed by atoms with E-state index < -0.39 is 4.87 Å². The average Bonchev–Trinajstić information content (AvgIpc) is 3.08. The first-order valence-electron chi connectivity index (χ1n) is 6.39. The van der Waals surface area contributed by atoms with E-state index in [0.717, 1.165) is 22.4 Å². The van der Waals surface area contributed by atoms with Crippen molar-refractivity contribution in [2.45, 2.75) is 4.87 Å². The molecule has 104 valence electrons. The van der Waals surface area contributed by atoms with E-state index >= 15 is 0 Å². The van der Waals surface area contributed by atoms with E-state index in [1.54, 1.807) is 5.55 Å². The number of nitrogens with one attached hydrogen (secondary N) is 2. The number of fused-ring (bicyclic) bond motifs is 2. The van der Waals surface area contributed by atoms with Gasteiger partial charge in [0, 0.05) is 16.8 Å². The van der Waals surface area contributed by atoms with Crippen LogP contribution in [0.1, 0.15) is 5.56 Å². The molecule has 1 amide bonds. The second kappa shape index (κ2) is 4.51. The smallest absolute Gasteiger partial charge is 0.267 e. The van der Waals surface area contributed by atoms with E-state index in [9.17, 15) is 4.79 Å². The molecule has 21 heavy (non-hydrogen) atoms. The molecule has 6 heteroatoms. The first-order chi connectivity index (χ1) is 10.2. The predicted molar refractivity (Wildman–Crippen MR) is 86.4 cm³/mol. The van der Waals surface area contributed by atoms with Crippen molar-refractivity contribution in [2.75, 3.05) is 5.32 Å². The molecule has 2 N–H and O–H groups in total. The van der Waals surface area contributed by atoms with Gasteiger partial charge in [0.05, 0.1) is 10.6 Å². The van der Waals surface area contributed by atoms with E-state index in [4.69, 9.17) is 11.6 Å². The fourth-order valence-corrected chi connectivity index (χ4v) is 3.99. The highest BCUT2D eigenvalue weighted by molar-refractivity contribution is 8.13. The largest absolute Gasteiger partial charge is 0.322 e. The molecule has 1 atom stereocenters. The molecule has 0 saturated carbocycles. The molecule has 1 spiro atoms. The van der Waals surface area contributed by atoms with Crippen LogP contribution in [0.5, 0.6) is 0 Å². The normalized spacial score (nSPS) is 22.2. The van der Waals surface area contributed by atoms with E-state index in [1.807, 2.05) is 42.5 Å². The van der Waals surface area contributed by atoms with Crippen molar-refractivity contribution in [3.63, 3.8) is 0 Å². The maximum atomic E-state index is 12.3. The maximum absolute atomic E-state index is 12.3. The number of anilines is 1. The summed E-state index contributed by atoms with van der Waals surface area (Å²) >= 11 is 7.94. The molecule has 2 aromatic carbocycles. The second-order valence-corrected chi connectivity index (χ2v) is 6.25. The monoisotopic (exact) mass is 315 g/mol. The van der Waals surface area contributed by atoms with Gasteiger partial charge in [-0.1, -0.05) is 59.8 Å². The number of thioether (sulfide) groups is 1. The number of carbonyl (C=O) groups excluding carboxylic acids is 1. The number of halogens is 1. The Hall–Kier alpha value is -1.98. The van der Waals surface area contributed by atoms with Crippen LogP contribution in [0.2, 0.25) is 5.02 Å². The molecule has 0 radical (unpaired) electrons. The molecule has 2 aromatic rings. The Morgan fingerprint density at radius 1 is 1.14 bits per heavy atom. The fraction of sp³-hybridized carbons (Fsp3) is 0.0667. The first kappa shape index (κ1) is 12.7. The van der Waals surface area contributed by atoms with Gasteiger partial charge in [0.1, 0.15) is 0 Å². The lowest BCUT2D eigenvalue weighted by Crippen LogP contribution is -2.39. The van der Waals surface area contributed by atoms with Crippen LogP contribution in [0.15, 0.2) is 47.6 Å². The molecule has 0 aliphatic carbocycles. The van der Waals surface area contributed by atoms with Crippen molar-refractivity contribution in [2.24, 2.45) is 5.10 Å². The highest BCUT2D eigenvalue weighted by atomic mass is 35.5. The quantitative estimate of drug-likeness (QED) is 0.848. The molecular formula is C15H10ClN3OS. The van der Waals surface area contributed by atoms with Crippen LogP contribution in [-0.2, 0) is 9.67 Å². The molecule has 2 heterocycles. The lowest BCUT2D eigenvalue weighted by Gasteiger charge is -2.21. The van der Waals surface area contributed by atoms with Crippen molar-refractivity contribution in [1.82, 2.24) is 5.43 Å². The minimum Gasteiger partial charge on any atom is -0.322 e. The molecule has 1 unspecified atom stereocenters. The third kappa shape index (κ3) is 1.71. The van der Waals surface area contributed by atoms with Gasteiger partial charge < -0.3 is 5.32 Å². The predicted octanol–water partition coefficient (Wildman–Crippen LogP) is 3.39. The third-order valence-corrected chi connectivity index (χ3v) is 5.09. The standard InChI is InChI=1S/C15H10ClN3OS/c16-13-10(9-4-2-1-3-5-9)6-7-11-12(13)15(14(20)18-11)19-17-8-21-15/h1-8,19H,(H,18,20). The summed E-state index contributed by atoms with van der Waals surface area (Å²) in [6.45, 7) is 0. The van der Waals surface area contributed by atoms with Gasteiger partial charge in [0.2, 0.25) is 4.87 Å². The van der Waals surface area contributed by atoms with Gasteiger partial charge in [-0.15, -0.1) is 0 Å². The van der Waals surface area contributed by atoms with Crippen LogP contribution >= 0.6 is 23.4 Å². The number of hydrazone groups is 1. The topological polar surface area (TPSA) is 53.5 Å². The summed E-state index contributed by atoms with van der Waals surface area (Å²) in [7, 11) is 0. The fourth-order valence-electron chi connectivity index (χ4n) is 2.66. The highest BCUT2D eigenvalue weighted by Gasteiger charge is 2.51. The Morgan fingerprint density at radius 3 is 2.67 bits per heavy atom. The van der Waals surface area contributed by atoms with Crippen LogP contribution in [0.3, 0.4) is 0 Å². The maximum Gasteiger partial charge on any atom is 0.267 e. The molecule has 2 aliphatic heterocycles. The summed E-state index contributed by atoms with van der Waals surface area (Å²) in [5.41, 5.74) is 7.92. The van der Waals surface area contributed by atoms with Crippen LogP contribution < -0.4 is 10.7 Å². The van der Waals surface area contributed by atoms with Gasteiger partial charge in [0.25, 0.3) is 5.91 Å². The Kier molecular flexibility index (Phi) is 2.74. The molecule has 0 aromatic heterocycles. The molecule has 4 nitrogen and oxygen atoms in total. The zero-order valence-electron chi connectivity index (χ0n) is 10.8.